The molecule has 28 heavy (non-hydrogen) atoms. The summed E-state index contributed by atoms with van der Waals surface area (Å²) in [6, 6.07) is 17.7. The Balaban J connectivity index is 1.52. The minimum Gasteiger partial charge on any atom is -0.490 e. The number of hydrogen-bond donors (Lipinski definition) is 1. The average Bonchev–Trinajstić information content (AvgIpc) is 2.74. The Labute approximate surface area is 162 Å². The van der Waals surface area contributed by atoms with Crippen molar-refractivity contribution >= 4 is 17.0 Å². The maximum absolute atomic E-state index is 11.0. The molecule has 1 amide bonds. The topological polar surface area (TPSA) is 86.5 Å². The quantitative estimate of drug-likeness (QED) is 0.740. The maximum Gasteiger partial charge on any atom is 0.407 e. The van der Waals surface area contributed by atoms with E-state index in [9.17, 15) is 10.1 Å². The molecule has 0 saturated carbocycles. The Kier molecular flexibility index (Phi) is 4.81. The first-order valence-electron chi connectivity index (χ1n) is 9.18. The lowest BCUT2D eigenvalue weighted by molar-refractivity contribution is 0.0895. The number of piperidine rings is 1. The minimum absolute atomic E-state index is 0.0148. The summed E-state index contributed by atoms with van der Waals surface area (Å²) in [5.74, 6) is 0.745. The average molecular weight is 373 g/mol. The summed E-state index contributed by atoms with van der Waals surface area (Å²) in [5.41, 5.74) is 3.04. The van der Waals surface area contributed by atoms with E-state index >= 15 is 0 Å². The van der Waals surface area contributed by atoms with E-state index in [4.69, 9.17) is 9.84 Å². The van der Waals surface area contributed by atoms with Gasteiger partial charge in [0.2, 0.25) is 0 Å². The molecular weight excluding hydrogens is 354 g/mol. The lowest BCUT2D eigenvalue weighted by Gasteiger charge is -2.30. The van der Waals surface area contributed by atoms with Crippen molar-refractivity contribution in [2.45, 2.75) is 18.9 Å². The number of pyridine rings is 1. The van der Waals surface area contributed by atoms with Crippen LogP contribution in [0.1, 0.15) is 18.4 Å². The molecule has 3 aromatic rings. The molecular formula is C22H19N3O3. The fraction of sp³-hybridized carbons (Fsp3) is 0.227. The number of rotatable bonds is 3. The lowest BCUT2D eigenvalue weighted by atomic mass is 9.97. The molecule has 0 radical (unpaired) electrons. The van der Waals surface area contributed by atoms with Gasteiger partial charge in [0.25, 0.3) is 0 Å². The van der Waals surface area contributed by atoms with Crippen molar-refractivity contribution in [1.29, 1.82) is 5.26 Å². The van der Waals surface area contributed by atoms with E-state index in [2.05, 4.69) is 11.1 Å². The predicted octanol–water partition coefficient (Wildman–Crippen LogP) is 4.29. The maximum atomic E-state index is 11.0. The predicted molar refractivity (Wildman–Crippen MR) is 105 cm³/mol. The number of nitrogens with zero attached hydrogens (tertiary/aromatic N) is 3. The van der Waals surface area contributed by atoms with Crippen molar-refractivity contribution in [2.24, 2.45) is 0 Å². The third-order valence-corrected chi connectivity index (χ3v) is 5.07. The van der Waals surface area contributed by atoms with Crippen molar-refractivity contribution in [2.75, 3.05) is 13.1 Å². The summed E-state index contributed by atoms with van der Waals surface area (Å²) in [7, 11) is 0. The molecule has 1 N–H and O–H groups in total. The molecule has 0 aliphatic carbocycles. The molecule has 1 aromatic heterocycles. The highest BCUT2D eigenvalue weighted by atomic mass is 16.5. The molecule has 0 bridgehead atoms. The number of carbonyl (C=O) groups is 1. The van der Waals surface area contributed by atoms with Crippen LogP contribution in [0.2, 0.25) is 0 Å². The smallest absolute Gasteiger partial charge is 0.407 e. The summed E-state index contributed by atoms with van der Waals surface area (Å²) in [4.78, 5) is 16.8. The van der Waals surface area contributed by atoms with E-state index in [0.29, 0.717) is 37.0 Å². The Hall–Kier alpha value is -3.59. The van der Waals surface area contributed by atoms with Gasteiger partial charge in [0, 0.05) is 43.1 Å². The Morgan fingerprint density at radius 2 is 1.89 bits per heavy atom. The van der Waals surface area contributed by atoms with Gasteiger partial charge in [0.05, 0.1) is 11.1 Å². The molecule has 6 nitrogen and oxygen atoms in total. The van der Waals surface area contributed by atoms with Crippen molar-refractivity contribution in [3.05, 3.63) is 60.3 Å². The number of carboxylic acid groups (broad SMARTS) is 1. The standard InChI is InChI=1S/C22H19N3O3/c23-14-20-19(8-5-16-2-1-11-24-21(16)20)15-3-6-17(7-4-15)28-18-9-12-25(13-10-18)22(26)27/h1-8,11,18H,9-10,12-13H2,(H,26,27). The fourth-order valence-corrected chi connectivity index (χ4v) is 3.57. The SMILES string of the molecule is N#Cc1c(-c2ccc(OC3CCN(C(=O)O)CC3)cc2)ccc2cccnc12. The lowest BCUT2D eigenvalue weighted by Crippen LogP contribution is -2.41. The van der Waals surface area contributed by atoms with E-state index in [0.717, 1.165) is 22.3 Å². The van der Waals surface area contributed by atoms with Gasteiger partial charge in [0.15, 0.2) is 0 Å². The van der Waals surface area contributed by atoms with Crippen molar-refractivity contribution in [3.8, 4) is 22.9 Å². The molecule has 0 atom stereocenters. The summed E-state index contributed by atoms with van der Waals surface area (Å²) < 4.78 is 6.00. The Bertz CT molecular complexity index is 1050. The summed E-state index contributed by atoms with van der Waals surface area (Å²) in [6.45, 7) is 0.988. The normalized spacial score (nSPS) is 14.6. The van der Waals surface area contributed by atoms with Gasteiger partial charge in [-0.15, -0.1) is 0 Å². The van der Waals surface area contributed by atoms with Crippen LogP contribution < -0.4 is 4.74 Å². The van der Waals surface area contributed by atoms with Gasteiger partial charge >= 0.3 is 6.09 Å². The summed E-state index contributed by atoms with van der Waals surface area (Å²) in [6.07, 6.45) is 2.20. The molecule has 2 aromatic carbocycles. The van der Waals surface area contributed by atoms with Gasteiger partial charge < -0.3 is 14.7 Å². The van der Waals surface area contributed by atoms with Gasteiger partial charge in [-0.2, -0.15) is 5.26 Å². The van der Waals surface area contributed by atoms with E-state index in [1.54, 1.807) is 6.20 Å². The van der Waals surface area contributed by atoms with Crippen LogP contribution in [0, 0.1) is 11.3 Å². The first-order valence-corrected chi connectivity index (χ1v) is 9.18. The highest BCUT2D eigenvalue weighted by Crippen LogP contribution is 2.30. The van der Waals surface area contributed by atoms with E-state index in [1.165, 1.54) is 4.90 Å². The summed E-state index contributed by atoms with van der Waals surface area (Å²) >= 11 is 0. The van der Waals surface area contributed by atoms with Gasteiger partial charge in [-0.3, -0.25) is 4.98 Å². The van der Waals surface area contributed by atoms with Crippen LogP contribution >= 0.6 is 0 Å². The number of likely N-dealkylation sites (tertiary alicyclic amines) is 1. The fourth-order valence-electron chi connectivity index (χ4n) is 3.57. The third-order valence-electron chi connectivity index (χ3n) is 5.07. The van der Waals surface area contributed by atoms with Crippen LogP contribution in [0.25, 0.3) is 22.0 Å². The highest BCUT2D eigenvalue weighted by Gasteiger charge is 2.23. The molecule has 2 heterocycles. The molecule has 1 fully saturated rings. The van der Waals surface area contributed by atoms with Crippen molar-refractivity contribution < 1.29 is 14.6 Å². The molecule has 0 unspecified atom stereocenters. The zero-order chi connectivity index (χ0) is 19.5. The molecule has 4 rings (SSSR count). The van der Waals surface area contributed by atoms with E-state index < -0.39 is 6.09 Å². The van der Waals surface area contributed by atoms with E-state index in [-0.39, 0.29) is 6.10 Å². The van der Waals surface area contributed by atoms with Crippen molar-refractivity contribution in [1.82, 2.24) is 9.88 Å². The summed E-state index contributed by atoms with van der Waals surface area (Å²) in [5, 5.41) is 19.6. The molecule has 0 spiro atoms. The molecule has 1 saturated heterocycles. The highest BCUT2D eigenvalue weighted by molar-refractivity contribution is 5.91. The number of ether oxygens (including phenoxy) is 1. The van der Waals surface area contributed by atoms with Crippen LogP contribution in [0.4, 0.5) is 4.79 Å². The largest absolute Gasteiger partial charge is 0.490 e. The Morgan fingerprint density at radius 1 is 1.14 bits per heavy atom. The van der Waals surface area contributed by atoms with Gasteiger partial charge in [-0.05, 0) is 23.8 Å². The van der Waals surface area contributed by atoms with Crippen LogP contribution in [-0.4, -0.2) is 40.3 Å². The van der Waals surface area contributed by atoms with E-state index in [1.807, 2.05) is 48.5 Å². The third kappa shape index (κ3) is 3.47. The molecule has 140 valence electrons. The van der Waals surface area contributed by atoms with Crippen LogP contribution in [0.3, 0.4) is 0 Å². The van der Waals surface area contributed by atoms with Gasteiger partial charge in [0.1, 0.15) is 17.9 Å². The first kappa shape index (κ1) is 17.8. The second kappa shape index (κ2) is 7.57. The van der Waals surface area contributed by atoms with Gasteiger partial charge in [-0.1, -0.05) is 30.3 Å². The number of hydrogen-bond acceptors (Lipinski definition) is 4. The van der Waals surface area contributed by atoms with Gasteiger partial charge in [-0.25, -0.2) is 4.79 Å². The second-order valence-corrected chi connectivity index (χ2v) is 6.79. The van der Waals surface area contributed by atoms with Crippen LogP contribution in [0.15, 0.2) is 54.7 Å². The first-order chi connectivity index (χ1) is 13.7. The molecule has 1 aliphatic heterocycles. The number of fused-ring (bicyclic) bond motifs is 1. The molecule has 1 aliphatic rings. The monoisotopic (exact) mass is 373 g/mol. The number of aromatic nitrogens is 1. The molecule has 6 heteroatoms. The number of amides is 1. The van der Waals surface area contributed by atoms with Crippen LogP contribution in [-0.2, 0) is 0 Å². The van der Waals surface area contributed by atoms with Crippen LogP contribution in [0.5, 0.6) is 5.75 Å². The number of benzene rings is 2. The zero-order valence-electron chi connectivity index (χ0n) is 15.2. The Morgan fingerprint density at radius 3 is 2.57 bits per heavy atom. The zero-order valence-corrected chi connectivity index (χ0v) is 15.2. The minimum atomic E-state index is -0.874. The number of nitriles is 1. The van der Waals surface area contributed by atoms with Crippen molar-refractivity contribution in [3.63, 3.8) is 0 Å². The second-order valence-electron chi connectivity index (χ2n) is 6.79.